The molecule has 1 aliphatic rings. The number of nitrogens with zero attached hydrogens (tertiary/aromatic N) is 5. The Hall–Kier alpha value is -3.72. The molecule has 0 radical (unpaired) electrons. The molecule has 1 amide bonds. The number of benzene rings is 2. The Morgan fingerprint density at radius 3 is 2.51 bits per heavy atom. The molecule has 1 aliphatic heterocycles. The molecule has 0 bridgehead atoms. The maximum absolute atomic E-state index is 11.7. The number of aryl methyl sites for hydroxylation is 3. The van der Waals surface area contributed by atoms with E-state index in [1.54, 1.807) is 12.1 Å². The van der Waals surface area contributed by atoms with E-state index in [0.29, 0.717) is 29.3 Å². The minimum Gasteiger partial charge on any atom is -0.366 e. The van der Waals surface area contributed by atoms with Crippen LogP contribution in [-0.4, -0.2) is 58.5 Å². The van der Waals surface area contributed by atoms with E-state index in [1.807, 2.05) is 24.9 Å². The predicted molar refractivity (Wildman–Crippen MR) is 161 cm³/mol. The maximum Gasteiger partial charge on any atom is 0.248 e. The molecule has 0 unspecified atom stereocenters. The average molecular weight is 533 g/mol. The van der Waals surface area contributed by atoms with Gasteiger partial charge >= 0.3 is 0 Å². The van der Waals surface area contributed by atoms with Gasteiger partial charge in [0.1, 0.15) is 0 Å². The van der Waals surface area contributed by atoms with Crippen molar-refractivity contribution in [2.24, 2.45) is 11.7 Å². The summed E-state index contributed by atoms with van der Waals surface area (Å²) >= 11 is 0. The van der Waals surface area contributed by atoms with Crippen LogP contribution in [0.25, 0.3) is 0 Å². The van der Waals surface area contributed by atoms with Gasteiger partial charge in [-0.2, -0.15) is 15.0 Å². The molecular weight excluding hydrogens is 488 g/mol. The molecule has 4 N–H and O–H groups in total. The normalized spacial score (nSPS) is 15.2. The minimum atomic E-state index is -0.477. The fourth-order valence-electron chi connectivity index (χ4n) is 4.86. The Morgan fingerprint density at radius 1 is 1.08 bits per heavy atom. The highest BCUT2D eigenvalue weighted by Gasteiger charge is 2.24. The number of carbonyl (C=O) groups excluding carboxylic acids is 1. The first kappa shape index (κ1) is 29.8. The lowest BCUT2D eigenvalue weighted by Gasteiger charge is -2.22. The zero-order valence-corrected chi connectivity index (χ0v) is 23.4. The predicted octanol–water partition coefficient (Wildman–Crippen LogP) is 5.05. The summed E-state index contributed by atoms with van der Waals surface area (Å²) in [5.41, 5.74) is 11.6. The van der Waals surface area contributed by atoms with Crippen LogP contribution in [0.5, 0.6) is 0 Å². The molecule has 210 valence electrons. The second-order valence-electron chi connectivity index (χ2n) is 10.9. The van der Waals surface area contributed by atoms with Crippen LogP contribution in [0, 0.1) is 26.7 Å². The molecule has 0 saturated carbocycles. The summed E-state index contributed by atoms with van der Waals surface area (Å²) in [4.78, 5) is 30.4. The van der Waals surface area contributed by atoms with Gasteiger partial charge < -0.3 is 21.3 Å². The van der Waals surface area contributed by atoms with Crippen molar-refractivity contribution < 1.29 is 4.79 Å². The van der Waals surface area contributed by atoms with Gasteiger partial charge in [0.05, 0.1) is 0 Å². The lowest BCUT2D eigenvalue weighted by molar-refractivity contribution is 0.100. The Bertz CT molecular complexity index is 1290. The molecule has 1 fully saturated rings. The SMILES string of the molecule is C.Cc1ccc(CN2CC[C@H](Nc3nc(Nc4cc(C(N)=O)ccc4C)nc(N(C)CC(C)C)n3)C2)c(C)c1. The smallest absolute Gasteiger partial charge is 0.248 e. The lowest BCUT2D eigenvalue weighted by Crippen LogP contribution is -2.28. The van der Waals surface area contributed by atoms with Gasteiger partial charge in [0.2, 0.25) is 23.8 Å². The Labute approximate surface area is 233 Å². The van der Waals surface area contributed by atoms with Gasteiger partial charge in [0.15, 0.2) is 0 Å². The highest BCUT2D eigenvalue weighted by Crippen LogP contribution is 2.24. The number of rotatable bonds is 10. The second kappa shape index (κ2) is 12.9. The fraction of sp³-hybridized carbons (Fsp3) is 0.467. The van der Waals surface area contributed by atoms with Gasteiger partial charge in [-0.05, 0) is 61.9 Å². The standard InChI is InChI=1S/C29H40N8O.CH4/c1-18(2)15-36(6)29-34-27(33-28(35-29)32-25-14-22(26(30)38)10-8-20(25)4)31-24-11-12-37(17-24)16-23-9-7-19(3)13-21(23)5;/h7-10,13-14,18,24H,11-12,15-17H2,1-6H3,(H2,30,38)(H2,31,32,33,34,35);1H4/t24-;/m0./s1. The molecule has 1 atom stereocenters. The number of nitrogens with two attached hydrogens (primary N) is 1. The van der Waals surface area contributed by atoms with Gasteiger partial charge in [-0.25, -0.2) is 0 Å². The van der Waals surface area contributed by atoms with E-state index in [9.17, 15) is 4.79 Å². The summed E-state index contributed by atoms with van der Waals surface area (Å²) in [6.07, 6.45) is 1.01. The van der Waals surface area contributed by atoms with Gasteiger partial charge in [0, 0.05) is 50.5 Å². The second-order valence-corrected chi connectivity index (χ2v) is 10.9. The highest BCUT2D eigenvalue weighted by molar-refractivity contribution is 5.94. The Morgan fingerprint density at radius 2 is 1.82 bits per heavy atom. The molecule has 2 heterocycles. The van der Waals surface area contributed by atoms with Crippen molar-refractivity contribution in [3.8, 4) is 0 Å². The van der Waals surface area contributed by atoms with E-state index in [2.05, 4.69) is 66.4 Å². The number of amides is 1. The van der Waals surface area contributed by atoms with E-state index in [1.165, 1.54) is 16.7 Å². The molecule has 2 aromatic carbocycles. The van der Waals surface area contributed by atoms with Crippen molar-refractivity contribution >= 4 is 29.4 Å². The molecule has 1 saturated heterocycles. The monoisotopic (exact) mass is 532 g/mol. The fourth-order valence-corrected chi connectivity index (χ4v) is 4.86. The Balaban J connectivity index is 0.00000420. The number of primary amides is 1. The molecular formula is C30H44N8O. The topological polar surface area (TPSA) is 112 Å². The first-order valence-electron chi connectivity index (χ1n) is 13.3. The number of carbonyl (C=O) groups is 1. The van der Waals surface area contributed by atoms with Gasteiger partial charge in [0.25, 0.3) is 0 Å². The van der Waals surface area contributed by atoms with Crippen molar-refractivity contribution in [2.75, 3.05) is 42.2 Å². The number of hydrogen-bond donors (Lipinski definition) is 3. The largest absolute Gasteiger partial charge is 0.366 e. The molecule has 1 aromatic heterocycles. The third-order valence-electron chi connectivity index (χ3n) is 6.87. The van der Waals surface area contributed by atoms with Crippen LogP contribution in [0.1, 0.15) is 60.3 Å². The summed E-state index contributed by atoms with van der Waals surface area (Å²) in [6.45, 7) is 14.3. The molecule has 9 heteroatoms. The summed E-state index contributed by atoms with van der Waals surface area (Å²) in [5.74, 6) is 1.52. The van der Waals surface area contributed by atoms with Gasteiger partial charge in [-0.15, -0.1) is 0 Å². The first-order chi connectivity index (χ1) is 18.1. The van der Waals surface area contributed by atoms with E-state index >= 15 is 0 Å². The first-order valence-corrected chi connectivity index (χ1v) is 13.3. The zero-order chi connectivity index (χ0) is 27.4. The number of anilines is 4. The van der Waals surface area contributed by atoms with Crippen molar-refractivity contribution in [3.63, 3.8) is 0 Å². The van der Waals surface area contributed by atoms with Gasteiger partial charge in [-0.1, -0.05) is 51.1 Å². The van der Waals surface area contributed by atoms with E-state index in [-0.39, 0.29) is 13.5 Å². The number of likely N-dealkylation sites (tertiary alicyclic amines) is 1. The van der Waals surface area contributed by atoms with Crippen molar-refractivity contribution in [1.82, 2.24) is 19.9 Å². The van der Waals surface area contributed by atoms with Crippen LogP contribution >= 0.6 is 0 Å². The van der Waals surface area contributed by atoms with Crippen molar-refractivity contribution in [3.05, 3.63) is 64.2 Å². The number of aromatic nitrogens is 3. The zero-order valence-electron chi connectivity index (χ0n) is 23.4. The van der Waals surface area contributed by atoms with Crippen LogP contribution in [0.3, 0.4) is 0 Å². The molecule has 39 heavy (non-hydrogen) atoms. The summed E-state index contributed by atoms with van der Waals surface area (Å²) in [7, 11) is 1.99. The quantitative estimate of drug-likeness (QED) is 0.332. The molecule has 3 aromatic rings. The van der Waals surface area contributed by atoms with Crippen LogP contribution in [0.4, 0.5) is 23.5 Å². The molecule has 0 spiro atoms. The van der Waals surface area contributed by atoms with E-state index < -0.39 is 5.91 Å². The van der Waals surface area contributed by atoms with E-state index in [0.717, 1.165) is 43.9 Å². The van der Waals surface area contributed by atoms with E-state index in [4.69, 9.17) is 15.7 Å². The number of hydrogen-bond acceptors (Lipinski definition) is 8. The van der Waals surface area contributed by atoms with Crippen molar-refractivity contribution in [2.45, 2.75) is 61.1 Å². The van der Waals surface area contributed by atoms with Crippen LogP contribution in [0.2, 0.25) is 0 Å². The lowest BCUT2D eigenvalue weighted by atomic mass is 10.1. The third kappa shape index (κ3) is 7.89. The summed E-state index contributed by atoms with van der Waals surface area (Å²) in [5, 5.41) is 6.84. The van der Waals surface area contributed by atoms with Crippen molar-refractivity contribution in [1.29, 1.82) is 0 Å². The number of nitrogens with one attached hydrogen (secondary N) is 2. The molecule has 0 aliphatic carbocycles. The third-order valence-corrected chi connectivity index (χ3v) is 6.87. The Kier molecular flexibility index (Phi) is 9.86. The van der Waals surface area contributed by atoms with Gasteiger partial charge in [-0.3, -0.25) is 9.69 Å². The molecule has 4 rings (SSSR count). The highest BCUT2D eigenvalue weighted by atomic mass is 16.1. The van der Waals surface area contributed by atoms with Crippen LogP contribution < -0.4 is 21.3 Å². The maximum atomic E-state index is 11.7. The average Bonchev–Trinajstić information content (AvgIpc) is 3.28. The van der Waals surface area contributed by atoms with Crippen LogP contribution in [0.15, 0.2) is 36.4 Å². The minimum absolute atomic E-state index is 0. The summed E-state index contributed by atoms with van der Waals surface area (Å²) in [6, 6.07) is 12.2. The molecule has 9 nitrogen and oxygen atoms in total. The van der Waals surface area contributed by atoms with Crippen LogP contribution in [-0.2, 0) is 6.54 Å². The summed E-state index contributed by atoms with van der Waals surface area (Å²) < 4.78 is 0.